The first-order valence-electron chi connectivity index (χ1n) is 6.26. The normalized spacial score (nSPS) is 23.8. The third kappa shape index (κ3) is 3.56. The number of rotatable bonds is 5. The lowest BCUT2D eigenvalue weighted by Gasteiger charge is -2.07. The van der Waals surface area contributed by atoms with Crippen LogP contribution < -0.4 is 5.32 Å². The molecule has 2 rings (SSSR count). The topological polar surface area (TPSA) is 49.3 Å². The number of hydrogen-bond acceptors (Lipinski definition) is 2. The molecule has 2 N–H and O–H groups in total. The van der Waals surface area contributed by atoms with Gasteiger partial charge in [0, 0.05) is 0 Å². The molecule has 1 aliphatic rings. The summed E-state index contributed by atoms with van der Waals surface area (Å²) in [6.07, 6.45) is 4.13. The number of nitrogens with one attached hydrogen (secondary N) is 1. The largest absolute Gasteiger partial charge is 0.480 e. The van der Waals surface area contributed by atoms with E-state index in [1.165, 1.54) is 5.56 Å². The van der Waals surface area contributed by atoms with Crippen LogP contribution in [-0.2, 0) is 11.2 Å². The van der Waals surface area contributed by atoms with Crippen LogP contribution in [0.15, 0.2) is 30.3 Å². The minimum atomic E-state index is -0.712. The van der Waals surface area contributed by atoms with Crippen molar-refractivity contribution in [2.45, 2.75) is 31.7 Å². The molecule has 3 nitrogen and oxygen atoms in total. The zero-order valence-electron chi connectivity index (χ0n) is 9.93. The summed E-state index contributed by atoms with van der Waals surface area (Å²) in [6.45, 7) is 0.853. The Hall–Kier alpha value is -1.35. The van der Waals surface area contributed by atoms with Crippen LogP contribution in [0.1, 0.15) is 24.8 Å². The minimum absolute atomic E-state index is 0.322. The fraction of sp³-hybridized carbons (Fsp3) is 0.500. The van der Waals surface area contributed by atoms with E-state index < -0.39 is 5.97 Å². The Kier molecular flexibility index (Phi) is 4.15. The smallest absolute Gasteiger partial charge is 0.320 e. The molecule has 1 saturated heterocycles. The molecule has 0 radical (unpaired) electrons. The Morgan fingerprint density at radius 2 is 2.12 bits per heavy atom. The summed E-state index contributed by atoms with van der Waals surface area (Å²) in [5.41, 5.74) is 1.37. The molecular weight excluding hydrogens is 214 g/mol. The summed E-state index contributed by atoms with van der Waals surface area (Å²) in [4.78, 5) is 10.8. The van der Waals surface area contributed by atoms with Gasteiger partial charge >= 0.3 is 5.97 Å². The average Bonchev–Trinajstić information content (AvgIpc) is 2.79. The van der Waals surface area contributed by atoms with E-state index in [2.05, 4.69) is 29.6 Å². The van der Waals surface area contributed by atoms with Crippen molar-refractivity contribution in [1.29, 1.82) is 0 Å². The number of carboxylic acids is 1. The summed E-state index contributed by atoms with van der Waals surface area (Å²) in [5.74, 6) is -0.185. The minimum Gasteiger partial charge on any atom is -0.480 e. The number of aliphatic carboxylic acids is 1. The summed E-state index contributed by atoms with van der Waals surface area (Å²) >= 11 is 0. The van der Waals surface area contributed by atoms with Crippen molar-refractivity contribution in [1.82, 2.24) is 5.32 Å². The van der Waals surface area contributed by atoms with Crippen LogP contribution in [0.5, 0.6) is 0 Å². The molecule has 2 atom stereocenters. The summed E-state index contributed by atoms with van der Waals surface area (Å²) in [5, 5.41) is 11.9. The van der Waals surface area contributed by atoms with Crippen molar-refractivity contribution < 1.29 is 9.90 Å². The first-order chi connectivity index (χ1) is 8.25. The van der Waals surface area contributed by atoms with Crippen LogP contribution in [0.3, 0.4) is 0 Å². The molecule has 1 heterocycles. The van der Waals surface area contributed by atoms with Crippen LogP contribution in [0.4, 0.5) is 0 Å². The molecule has 0 bridgehead atoms. The Labute approximate surface area is 102 Å². The zero-order chi connectivity index (χ0) is 12.1. The van der Waals surface area contributed by atoms with Gasteiger partial charge in [-0.15, -0.1) is 0 Å². The highest BCUT2D eigenvalue weighted by Crippen LogP contribution is 2.20. The number of benzene rings is 1. The molecule has 0 aromatic heterocycles. The molecule has 0 saturated carbocycles. The second-order valence-electron chi connectivity index (χ2n) is 4.78. The number of aryl methyl sites for hydroxylation is 1. The maximum absolute atomic E-state index is 10.8. The summed E-state index contributed by atoms with van der Waals surface area (Å²) < 4.78 is 0. The van der Waals surface area contributed by atoms with E-state index in [-0.39, 0.29) is 6.04 Å². The Balaban J connectivity index is 1.68. The van der Waals surface area contributed by atoms with Crippen LogP contribution in [-0.4, -0.2) is 23.7 Å². The van der Waals surface area contributed by atoms with Gasteiger partial charge in [-0.25, -0.2) is 0 Å². The molecule has 0 spiro atoms. The number of carboxylic acid groups (broad SMARTS) is 1. The van der Waals surface area contributed by atoms with Gasteiger partial charge in [0.1, 0.15) is 6.04 Å². The van der Waals surface area contributed by atoms with E-state index in [1.807, 2.05) is 6.07 Å². The Morgan fingerprint density at radius 3 is 2.76 bits per heavy atom. The van der Waals surface area contributed by atoms with E-state index >= 15 is 0 Å². The highest BCUT2D eigenvalue weighted by molar-refractivity contribution is 5.73. The number of hydrogen-bond donors (Lipinski definition) is 2. The molecule has 1 aromatic rings. The predicted molar refractivity (Wildman–Crippen MR) is 66.9 cm³/mol. The Bertz CT molecular complexity index is 364. The highest BCUT2D eigenvalue weighted by Gasteiger charge is 2.28. The fourth-order valence-corrected chi connectivity index (χ4v) is 2.46. The molecule has 1 aliphatic heterocycles. The second-order valence-corrected chi connectivity index (χ2v) is 4.78. The zero-order valence-corrected chi connectivity index (χ0v) is 9.93. The van der Waals surface area contributed by atoms with Gasteiger partial charge < -0.3 is 10.4 Å². The van der Waals surface area contributed by atoms with E-state index in [0.717, 1.165) is 32.2 Å². The van der Waals surface area contributed by atoms with Gasteiger partial charge in [0.05, 0.1) is 0 Å². The molecule has 1 fully saturated rings. The maximum atomic E-state index is 10.8. The van der Waals surface area contributed by atoms with Crippen molar-refractivity contribution in [3.8, 4) is 0 Å². The molecule has 0 aliphatic carbocycles. The van der Waals surface area contributed by atoms with Gasteiger partial charge in [-0.3, -0.25) is 4.79 Å². The van der Waals surface area contributed by atoms with Crippen LogP contribution in [0.25, 0.3) is 0 Å². The van der Waals surface area contributed by atoms with Crippen LogP contribution in [0.2, 0.25) is 0 Å². The van der Waals surface area contributed by atoms with Crippen LogP contribution in [0, 0.1) is 5.92 Å². The first kappa shape index (κ1) is 12.1. The van der Waals surface area contributed by atoms with Crippen molar-refractivity contribution in [2.75, 3.05) is 6.54 Å². The monoisotopic (exact) mass is 233 g/mol. The molecule has 3 heteroatoms. The molecule has 92 valence electrons. The summed E-state index contributed by atoms with van der Waals surface area (Å²) in [6, 6.07) is 10.1. The number of carbonyl (C=O) groups is 1. The van der Waals surface area contributed by atoms with Crippen molar-refractivity contribution in [3.63, 3.8) is 0 Å². The highest BCUT2D eigenvalue weighted by atomic mass is 16.4. The SMILES string of the molecule is O=C(O)C1CC(CCCc2ccccc2)CN1. The average molecular weight is 233 g/mol. The van der Waals surface area contributed by atoms with E-state index in [9.17, 15) is 4.79 Å². The predicted octanol–water partition coefficient (Wildman–Crippen LogP) is 2.07. The second kappa shape index (κ2) is 5.82. The lowest BCUT2D eigenvalue weighted by Crippen LogP contribution is -2.29. The lowest BCUT2D eigenvalue weighted by molar-refractivity contribution is -0.139. The maximum Gasteiger partial charge on any atom is 0.320 e. The Morgan fingerprint density at radius 1 is 1.35 bits per heavy atom. The van der Waals surface area contributed by atoms with Gasteiger partial charge in [0.2, 0.25) is 0 Å². The van der Waals surface area contributed by atoms with Gasteiger partial charge in [-0.1, -0.05) is 30.3 Å². The van der Waals surface area contributed by atoms with Crippen molar-refractivity contribution in [2.24, 2.45) is 5.92 Å². The van der Waals surface area contributed by atoms with Gasteiger partial charge in [0.15, 0.2) is 0 Å². The fourth-order valence-electron chi connectivity index (χ4n) is 2.46. The molecule has 0 amide bonds. The standard InChI is InChI=1S/C14H19NO2/c16-14(17)13-9-12(10-15-13)8-4-7-11-5-2-1-3-6-11/h1-3,5-6,12-13,15H,4,7-10H2,(H,16,17). The summed E-state index contributed by atoms with van der Waals surface area (Å²) in [7, 11) is 0. The van der Waals surface area contributed by atoms with Gasteiger partial charge in [0.25, 0.3) is 0 Å². The molecule has 2 unspecified atom stereocenters. The van der Waals surface area contributed by atoms with Crippen molar-refractivity contribution >= 4 is 5.97 Å². The molecular formula is C14H19NO2. The van der Waals surface area contributed by atoms with Gasteiger partial charge in [-0.2, -0.15) is 0 Å². The molecule has 1 aromatic carbocycles. The van der Waals surface area contributed by atoms with Crippen LogP contribution >= 0.6 is 0 Å². The van der Waals surface area contributed by atoms with Crippen molar-refractivity contribution in [3.05, 3.63) is 35.9 Å². The third-order valence-corrected chi connectivity index (χ3v) is 3.44. The van der Waals surface area contributed by atoms with E-state index in [4.69, 9.17) is 5.11 Å². The third-order valence-electron chi connectivity index (χ3n) is 3.44. The quantitative estimate of drug-likeness (QED) is 0.818. The molecule has 17 heavy (non-hydrogen) atoms. The first-order valence-corrected chi connectivity index (χ1v) is 6.26. The lowest BCUT2D eigenvalue weighted by atomic mass is 9.97. The van der Waals surface area contributed by atoms with E-state index in [1.54, 1.807) is 0 Å². The van der Waals surface area contributed by atoms with Gasteiger partial charge in [-0.05, 0) is 43.7 Å². The van der Waals surface area contributed by atoms with E-state index in [0.29, 0.717) is 5.92 Å².